The number of aliphatic carboxylic acids is 1. The van der Waals surface area contributed by atoms with Crippen LogP contribution in [0.5, 0.6) is 0 Å². The fourth-order valence-corrected chi connectivity index (χ4v) is 4.50. The van der Waals surface area contributed by atoms with Crippen molar-refractivity contribution in [2.24, 2.45) is 0 Å². The first kappa shape index (κ1) is 43.7. The molecular weight excluding hydrogens is 582 g/mol. The van der Waals surface area contributed by atoms with Gasteiger partial charge in [-0.05, 0) is 6.42 Å². The predicted octanol–water partition coefficient (Wildman–Crippen LogP) is 5.56. The molecule has 0 radical (unpaired) electrons. The van der Waals surface area contributed by atoms with Crippen LogP contribution in [0.3, 0.4) is 0 Å². The van der Waals surface area contributed by atoms with Crippen LogP contribution in [0, 0.1) is 0 Å². The molecular formula is C34H67NO10. The van der Waals surface area contributed by atoms with E-state index in [1.807, 2.05) is 0 Å². The number of ether oxygens (including phenoxy) is 7. The predicted molar refractivity (Wildman–Crippen MR) is 176 cm³/mol. The van der Waals surface area contributed by atoms with Crippen LogP contribution in [0.4, 0.5) is 0 Å². The molecule has 268 valence electrons. The van der Waals surface area contributed by atoms with E-state index in [0.29, 0.717) is 79.2 Å². The lowest BCUT2D eigenvalue weighted by Crippen LogP contribution is -2.31. The first-order valence-electron chi connectivity index (χ1n) is 17.7. The van der Waals surface area contributed by atoms with E-state index in [1.54, 1.807) is 0 Å². The molecule has 2 N–H and O–H groups in total. The molecule has 11 heteroatoms. The lowest BCUT2D eigenvalue weighted by Gasteiger charge is -2.09. The number of carbonyl (C=O) groups excluding carboxylic acids is 1. The van der Waals surface area contributed by atoms with E-state index in [-0.39, 0.29) is 12.5 Å². The molecule has 0 aromatic carbocycles. The number of hydrogen-bond donors (Lipinski definition) is 2. The van der Waals surface area contributed by atoms with Crippen molar-refractivity contribution in [2.45, 2.75) is 110 Å². The first-order valence-corrected chi connectivity index (χ1v) is 17.7. The number of amides is 1. The molecule has 0 aliphatic heterocycles. The van der Waals surface area contributed by atoms with Gasteiger partial charge in [0.05, 0.1) is 72.7 Å². The summed E-state index contributed by atoms with van der Waals surface area (Å²) >= 11 is 0. The zero-order valence-corrected chi connectivity index (χ0v) is 28.5. The Morgan fingerprint density at radius 2 is 0.756 bits per heavy atom. The lowest BCUT2D eigenvalue weighted by molar-refractivity contribution is -0.143. The van der Waals surface area contributed by atoms with E-state index in [1.165, 1.54) is 96.3 Å². The molecule has 0 rings (SSSR count). The van der Waals surface area contributed by atoms with Crippen LogP contribution in [0.25, 0.3) is 0 Å². The van der Waals surface area contributed by atoms with Crippen LogP contribution in [-0.2, 0) is 42.7 Å². The van der Waals surface area contributed by atoms with Crippen molar-refractivity contribution < 1.29 is 47.9 Å². The van der Waals surface area contributed by atoms with Gasteiger partial charge in [0.1, 0.15) is 13.2 Å². The molecule has 0 atom stereocenters. The topological polar surface area (TPSA) is 131 Å². The summed E-state index contributed by atoms with van der Waals surface area (Å²) in [7, 11) is 0. The van der Waals surface area contributed by atoms with Gasteiger partial charge in [-0.15, -0.1) is 0 Å². The zero-order valence-electron chi connectivity index (χ0n) is 28.5. The van der Waals surface area contributed by atoms with Gasteiger partial charge in [-0.2, -0.15) is 0 Å². The third kappa shape index (κ3) is 40.6. The highest BCUT2D eigenvalue weighted by molar-refractivity contribution is 5.77. The van der Waals surface area contributed by atoms with Crippen LogP contribution >= 0.6 is 0 Å². The maximum atomic E-state index is 11.4. The number of carboxylic acids is 1. The van der Waals surface area contributed by atoms with Gasteiger partial charge < -0.3 is 43.6 Å². The Morgan fingerprint density at radius 1 is 0.422 bits per heavy atom. The Morgan fingerprint density at radius 3 is 1.13 bits per heavy atom. The minimum Gasteiger partial charge on any atom is -0.480 e. The molecule has 0 heterocycles. The van der Waals surface area contributed by atoms with Gasteiger partial charge in [0, 0.05) is 13.2 Å². The van der Waals surface area contributed by atoms with Crippen molar-refractivity contribution >= 4 is 11.9 Å². The zero-order chi connectivity index (χ0) is 32.7. The van der Waals surface area contributed by atoms with Gasteiger partial charge >= 0.3 is 5.97 Å². The van der Waals surface area contributed by atoms with E-state index in [4.69, 9.17) is 33.5 Å². The minimum absolute atomic E-state index is 0.288. The number of unbranched alkanes of at least 4 members (excludes halogenated alkanes) is 15. The van der Waals surface area contributed by atoms with Crippen molar-refractivity contribution in [1.82, 2.24) is 5.32 Å². The Balaban J connectivity index is 3.08. The normalized spacial score (nSPS) is 11.3. The Kier molecular flexibility index (Phi) is 37.7. The van der Waals surface area contributed by atoms with E-state index in [9.17, 15) is 9.59 Å². The van der Waals surface area contributed by atoms with Gasteiger partial charge in [-0.1, -0.05) is 103 Å². The van der Waals surface area contributed by atoms with Crippen LogP contribution in [0.2, 0.25) is 0 Å². The Hall–Kier alpha value is -1.34. The highest BCUT2D eigenvalue weighted by atomic mass is 16.6. The molecule has 1 amide bonds. The third-order valence-electron chi connectivity index (χ3n) is 7.03. The van der Waals surface area contributed by atoms with Crippen LogP contribution in [0.1, 0.15) is 110 Å². The molecule has 0 aliphatic rings. The molecule has 0 aromatic heterocycles. The number of nitrogens with one attached hydrogen (secondary N) is 1. The fraction of sp³-hybridized carbons (Fsp3) is 0.941. The van der Waals surface area contributed by atoms with Crippen LogP contribution in [-0.4, -0.2) is 116 Å². The van der Waals surface area contributed by atoms with Gasteiger partial charge in [0.15, 0.2) is 0 Å². The average Bonchev–Trinajstić information content (AvgIpc) is 3.02. The minimum atomic E-state index is -1.11. The van der Waals surface area contributed by atoms with Gasteiger partial charge in [0.2, 0.25) is 5.91 Å². The highest BCUT2D eigenvalue weighted by Gasteiger charge is 2.03. The van der Waals surface area contributed by atoms with Gasteiger partial charge in [-0.3, -0.25) is 4.79 Å². The van der Waals surface area contributed by atoms with Crippen molar-refractivity contribution in [3.05, 3.63) is 0 Å². The van der Waals surface area contributed by atoms with Gasteiger partial charge in [-0.25, -0.2) is 4.79 Å². The monoisotopic (exact) mass is 649 g/mol. The van der Waals surface area contributed by atoms with Crippen molar-refractivity contribution in [3.8, 4) is 0 Å². The summed E-state index contributed by atoms with van der Waals surface area (Å²) in [4.78, 5) is 21.6. The average molecular weight is 650 g/mol. The molecule has 11 nitrogen and oxygen atoms in total. The lowest BCUT2D eigenvalue weighted by atomic mass is 10.0. The summed E-state index contributed by atoms with van der Waals surface area (Å²) in [6, 6.07) is 0. The van der Waals surface area contributed by atoms with Crippen molar-refractivity contribution in [1.29, 1.82) is 0 Å². The SMILES string of the molecule is CCCCCCCCCCCCCCCCCCOCCOCCOCCOCCOCCOCCNC(=O)COCC(=O)O. The molecule has 0 spiro atoms. The molecule has 0 unspecified atom stereocenters. The van der Waals surface area contributed by atoms with Crippen LogP contribution in [0.15, 0.2) is 0 Å². The second-order valence-electron chi connectivity index (χ2n) is 11.2. The largest absolute Gasteiger partial charge is 0.480 e. The summed E-state index contributed by atoms with van der Waals surface area (Å²) in [5.41, 5.74) is 0. The van der Waals surface area contributed by atoms with Crippen molar-refractivity contribution in [3.63, 3.8) is 0 Å². The molecule has 0 fully saturated rings. The molecule has 0 saturated carbocycles. The summed E-state index contributed by atoms with van der Waals surface area (Å²) in [5, 5.41) is 11.0. The number of carboxylic acid groups (broad SMARTS) is 1. The van der Waals surface area contributed by atoms with E-state index >= 15 is 0 Å². The quantitative estimate of drug-likeness (QED) is 0.0816. The summed E-state index contributed by atoms with van der Waals surface area (Å²) in [6.07, 6.45) is 22.1. The number of rotatable bonds is 39. The standard InChI is InChI=1S/C34H67NO10/c1-2-3-4-5-6-7-8-9-10-11-12-13-14-15-16-17-19-39-21-23-41-25-27-43-29-30-44-28-26-42-24-22-40-20-18-35-33(36)31-45-32-34(37)38/h2-32H2,1H3,(H,35,36)(H,37,38). The molecule has 0 aliphatic carbocycles. The second-order valence-corrected chi connectivity index (χ2v) is 11.2. The maximum Gasteiger partial charge on any atom is 0.329 e. The van der Waals surface area contributed by atoms with Gasteiger partial charge in [0.25, 0.3) is 0 Å². The molecule has 0 aromatic rings. The molecule has 0 saturated heterocycles. The Labute approximate surface area is 273 Å². The van der Waals surface area contributed by atoms with E-state index in [0.717, 1.165) is 13.0 Å². The van der Waals surface area contributed by atoms with E-state index in [2.05, 4.69) is 17.0 Å². The second kappa shape index (κ2) is 38.8. The fourth-order valence-electron chi connectivity index (χ4n) is 4.50. The number of carbonyl (C=O) groups is 2. The Bertz CT molecular complexity index is 612. The first-order chi connectivity index (χ1) is 22.2. The highest BCUT2D eigenvalue weighted by Crippen LogP contribution is 2.13. The maximum absolute atomic E-state index is 11.4. The smallest absolute Gasteiger partial charge is 0.329 e. The number of hydrogen-bond acceptors (Lipinski definition) is 9. The van der Waals surface area contributed by atoms with E-state index < -0.39 is 12.6 Å². The molecule has 0 bridgehead atoms. The summed E-state index contributed by atoms with van der Waals surface area (Å²) in [5.74, 6) is -1.50. The molecule has 45 heavy (non-hydrogen) atoms. The van der Waals surface area contributed by atoms with Crippen LogP contribution < -0.4 is 5.32 Å². The third-order valence-corrected chi connectivity index (χ3v) is 7.03. The van der Waals surface area contributed by atoms with Crippen molar-refractivity contribution in [2.75, 3.05) is 99.0 Å². The summed E-state index contributed by atoms with van der Waals surface area (Å²) < 4.78 is 37.6. The summed E-state index contributed by atoms with van der Waals surface area (Å²) in [6.45, 7) is 8.05.